The molecule has 0 N–H and O–H groups in total. The van der Waals surface area contributed by atoms with Gasteiger partial charge in [0.1, 0.15) is 0 Å². The molecule has 0 amide bonds. The number of hydrogen-bond donors (Lipinski definition) is 0. The molecule has 0 aliphatic heterocycles. The molecule has 3 heteroatoms. The first-order chi connectivity index (χ1) is 14.2. The minimum atomic E-state index is 0.589. The molecular formula is C26H36Br2O. The van der Waals surface area contributed by atoms with Gasteiger partial charge in [0.15, 0.2) is 0 Å². The van der Waals surface area contributed by atoms with Crippen molar-refractivity contribution in [2.24, 2.45) is 0 Å². The summed E-state index contributed by atoms with van der Waals surface area (Å²) >= 11 is 7.65. The van der Waals surface area contributed by atoms with Crippen molar-refractivity contribution in [2.75, 3.05) is 13.2 Å². The molecule has 2 rings (SSSR count). The molecule has 0 aromatic heterocycles. The standard InChI is InChI=1S/C26H36Br2O/c27-25(21-23-13-5-1-6-14-23)17-9-3-11-19-29-20-12-4-10-18-26(28)22-24-15-7-2-8-16-24/h1-2,5-8,13-16,25-26H,3-4,9-12,17-22H2/t25-,26-/m1/s1. The molecule has 0 radical (unpaired) electrons. The Labute approximate surface area is 194 Å². The molecule has 0 saturated heterocycles. The lowest BCUT2D eigenvalue weighted by Gasteiger charge is -2.10. The normalized spacial score (nSPS) is 13.3. The van der Waals surface area contributed by atoms with Crippen LogP contribution in [0.3, 0.4) is 0 Å². The lowest BCUT2D eigenvalue weighted by atomic mass is 10.1. The largest absolute Gasteiger partial charge is 0.381 e. The van der Waals surface area contributed by atoms with Crippen molar-refractivity contribution < 1.29 is 4.74 Å². The quantitative estimate of drug-likeness (QED) is 0.159. The first kappa shape index (κ1) is 24.6. The third-order valence-corrected chi connectivity index (χ3v) is 6.78. The van der Waals surface area contributed by atoms with Gasteiger partial charge in [-0.3, -0.25) is 0 Å². The Morgan fingerprint density at radius 1 is 0.552 bits per heavy atom. The summed E-state index contributed by atoms with van der Waals surface area (Å²) in [7, 11) is 0. The average Bonchev–Trinajstić information content (AvgIpc) is 2.73. The van der Waals surface area contributed by atoms with E-state index in [1.54, 1.807) is 0 Å². The number of alkyl halides is 2. The smallest absolute Gasteiger partial charge is 0.0466 e. The minimum absolute atomic E-state index is 0.589. The molecule has 1 nitrogen and oxygen atoms in total. The van der Waals surface area contributed by atoms with Crippen LogP contribution in [-0.2, 0) is 17.6 Å². The number of ether oxygens (including phenoxy) is 1. The van der Waals surface area contributed by atoms with E-state index in [1.165, 1.54) is 62.5 Å². The van der Waals surface area contributed by atoms with E-state index >= 15 is 0 Å². The Balaban J connectivity index is 1.34. The van der Waals surface area contributed by atoms with Crippen molar-refractivity contribution in [1.29, 1.82) is 0 Å². The summed E-state index contributed by atoms with van der Waals surface area (Å²) < 4.78 is 5.82. The highest BCUT2D eigenvalue weighted by Gasteiger charge is 2.06. The molecule has 160 valence electrons. The third kappa shape index (κ3) is 12.6. The minimum Gasteiger partial charge on any atom is -0.381 e. The van der Waals surface area contributed by atoms with Crippen molar-refractivity contribution in [3.05, 3.63) is 71.8 Å². The maximum Gasteiger partial charge on any atom is 0.0466 e. The number of rotatable bonds is 16. The van der Waals surface area contributed by atoms with Gasteiger partial charge in [-0.1, -0.05) is 118 Å². The molecular weight excluding hydrogens is 488 g/mol. The zero-order valence-corrected chi connectivity index (χ0v) is 20.7. The van der Waals surface area contributed by atoms with Crippen LogP contribution >= 0.6 is 31.9 Å². The Kier molecular flexibility index (Phi) is 13.7. The van der Waals surface area contributed by atoms with Gasteiger partial charge in [-0.05, 0) is 49.7 Å². The van der Waals surface area contributed by atoms with Crippen LogP contribution in [-0.4, -0.2) is 22.9 Å². The van der Waals surface area contributed by atoms with Gasteiger partial charge in [0.2, 0.25) is 0 Å². The van der Waals surface area contributed by atoms with Crippen LogP contribution in [0.1, 0.15) is 62.5 Å². The fraction of sp³-hybridized carbons (Fsp3) is 0.538. The van der Waals surface area contributed by atoms with Crippen LogP contribution in [0.2, 0.25) is 0 Å². The van der Waals surface area contributed by atoms with Crippen LogP contribution in [0.4, 0.5) is 0 Å². The summed E-state index contributed by atoms with van der Waals surface area (Å²) in [6, 6.07) is 21.5. The highest BCUT2D eigenvalue weighted by atomic mass is 79.9. The Hall–Kier alpha value is -0.640. The molecule has 0 aliphatic carbocycles. The number of unbranched alkanes of at least 4 members (excludes halogenated alkanes) is 4. The van der Waals surface area contributed by atoms with Crippen LogP contribution < -0.4 is 0 Å². The average molecular weight is 524 g/mol. The Morgan fingerprint density at radius 3 is 1.38 bits per heavy atom. The van der Waals surface area contributed by atoms with Crippen LogP contribution in [0.15, 0.2) is 60.7 Å². The van der Waals surface area contributed by atoms with Gasteiger partial charge in [-0.25, -0.2) is 0 Å². The summed E-state index contributed by atoms with van der Waals surface area (Å²) in [5.74, 6) is 0. The molecule has 2 atom stereocenters. The van der Waals surface area contributed by atoms with Crippen molar-refractivity contribution in [3.63, 3.8) is 0 Å². The Bertz CT molecular complexity index is 562. The monoisotopic (exact) mass is 522 g/mol. The van der Waals surface area contributed by atoms with E-state index in [4.69, 9.17) is 4.74 Å². The first-order valence-corrected chi connectivity index (χ1v) is 13.0. The van der Waals surface area contributed by atoms with Crippen molar-refractivity contribution >= 4 is 31.9 Å². The fourth-order valence-electron chi connectivity index (χ4n) is 3.54. The second-order valence-electron chi connectivity index (χ2n) is 7.89. The van der Waals surface area contributed by atoms with E-state index in [9.17, 15) is 0 Å². The lowest BCUT2D eigenvalue weighted by molar-refractivity contribution is 0.125. The van der Waals surface area contributed by atoms with E-state index in [1.807, 2.05) is 0 Å². The van der Waals surface area contributed by atoms with Gasteiger partial charge in [0.05, 0.1) is 0 Å². The molecule has 2 aromatic carbocycles. The molecule has 29 heavy (non-hydrogen) atoms. The summed E-state index contributed by atoms with van der Waals surface area (Å²) in [4.78, 5) is 1.18. The molecule has 0 aliphatic rings. The Morgan fingerprint density at radius 2 is 0.966 bits per heavy atom. The highest BCUT2D eigenvalue weighted by molar-refractivity contribution is 9.09. The summed E-state index contributed by atoms with van der Waals surface area (Å²) in [5.41, 5.74) is 2.84. The van der Waals surface area contributed by atoms with Crippen LogP contribution in [0.5, 0.6) is 0 Å². The summed E-state index contributed by atoms with van der Waals surface area (Å²) in [6.45, 7) is 1.83. The number of hydrogen-bond acceptors (Lipinski definition) is 1. The first-order valence-electron chi connectivity index (χ1n) is 11.2. The van der Waals surface area contributed by atoms with Crippen LogP contribution in [0.25, 0.3) is 0 Å². The van der Waals surface area contributed by atoms with Crippen molar-refractivity contribution in [2.45, 2.75) is 73.9 Å². The zero-order valence-electron chi connectivity index (χ0n) is 17.6. The van der Waals surface area contributed by atoms with Gasteiger partial charge in [0.25, 0.3) is 0 Å². The molecule has 0 saturated carbocycles. The second-order valence-corrected chi connectivity index (χ2v) is 10.5. The molecule has 0 fully saturated rings. The summed E-state index contributed by atoms with van der Waals surface area (Å²) in [5, 5.41) is 0. The molecule has 0 heterocycles. The predicted octanol–water partition coefficient (Wildman–Crippen LogP) is 8.14. The maximum atomic E-state index is 5.82. The van der Waals surface area contributed by atoms with E-state index in [0.29, 0.717) is 9.65 Å². The van der Waals surface area contributed by atoms with Crippen LogP contribution in [0, 0.1) is 0 Å². The second kappa shape index (κ2) is 16.1. The zero-order chi connectivity index (χ0) is 20.6. The van der Waals surface area contributed by atoms with Gasteiger partial charge in [-0.2, -0.15) is 0 Å². The van der Waals surface area contributed by atoms with Gasteiger partial charge in [-0.15, -0.1) is 0 Å². The number of benzene rings is 2. The highest BCUT2D eigenvalue weighted by Crippen LogP contribution is 2.18. The fourth-order valence-corrected chi connectivity index (χ4v) is 4.93. The maximum absolute atomic E-state index is 5.82. The topological polar surface area (TPSA) is 9.23 Å². The number of halogens is 2. The SMILES string of the molecule is Br[C@H](CCCCCOCCCCC[C@@H](Br)Cc1ccccc1)Cc1ccccc1. The molecule has 0 unspecified atom stereocenters. The van der Waals surface area contributed by atoms with Gasteiger partial charge >= 0.3 is 0 Å². The molecule has 0 spiro atoms. The predicted molar refractivity (Wildman–Crippen MR) is 133 cm³/mol. The van der Waals surface area contributed by atoms with Gasteiger partial charge in [0, 0.05) is 22.9 Å². The van der Waals surface area contributed by atoms with Crippen molar-refractivity contribution in [1.82, 2.24) is 0 Å². The van der Waals surface area contributed by atoms with E-state index in [2.05, 4.69) is 92.5 Å². The van der Waals surface area contributed by atoms with Crippen molar-refractivity contribution in [3.8, 4) is 0 Å². The molecule has 2 aromatic rings. The van der Waals surface area contributed by atoms with Gasteiger partial charge < -0.3 is 4.74 Å². The molecule has 0 bridgehead atoms. The lowest BCUT2D eigenvalue weighted by Crippen LogP contribution is -2.04. The van der Waals surface area contributed by atoms with E-state index < -0.39 is 0 Å². The third-order valence-electron chi connectivity index (χ3n) is 5.21. The summed E-state index contributed by atoms with van der Waals surface area (Å²) in [6.07, 6.45) is 12.2. The van der Waals surface area contributed by atoms with E-state index in [0.717, 1.165) is 26.1 Å². The van der Waals surface area contributed by atoms with E-state index in [-0.39, 0.29) is 0 Å².